The van der Waals surface area contributed by atoms with Crippen LogP contribution in [-0.2, 0) is 28.6 Å². The Kier molecular flexibility index (Phi) is 16.9. The lowest BCUT2D eigenvalue weighted by Gasteiger charge is -2.06. The zero-order chi connectivity index (χ0) is 21.2. The molecule has 0 aromatic heterocycles. The molecule has 0 saturated carbocycles. The summed E-state index contributed by atoms with van der Waals surface area (Å²) in [6.45, 7) is 16.1. The summed E-state index contributed by atoms with van der Waals surface area (Å²) < 4.78 is 14.2. The highest BCUT2D eigenvalue weighted by atomic mass is 16.5. The first-order valence-electron chi connectivity index (χ1n) is 8.80. The zero-order valence-corrected chi connectivity index (χ0v) is 16.6. The van der Waals surface area contributed by atoms with E-state index in [0.29, 0.717) is 30.8 Å². The fourth-order valence-electron chi connectivity index (χ4n) is 1.50. The molecule has 7 heteroatoms. The van der Waals surface area contributed by atoms with E-state index >= 15 is 0 Å². The molecular weight excluding hydrogens is 352 g/mol. The van der Waals surface area contributed by atoms with E-state index in [1.54, 1.807) is 13.8 Å². The summed E-state index contributed by atoms with van der Waals surface area (Å²) in [6, 6.07) is 0. The van der Waals surface area contributed by atoms with Crippen LogP contribution in [0.15, 0.2) is 37.0 Å². The highest BCUT2D eigenvalue weighted by Crippen LogP contribution is 2.09. The minimum atomic E-state index is -0.603. The van der Waals surface area contributed by atoms with Crippen molar-refractivity contribution in [2.75, 3.05) is 19.8 Å². The van der Waals surface area contributed by atoms with Gasteiger partial charge in [0.25, 0.3) is 0 Å². The first-order chi connectivity index (χ1) is 12.6. The van der Waals surface area contributed by atoms with Gasteiger partial charge in [-0.2, -0.15) is 0 Å². The van der Waals surface area contributed by atoms with Gasteiger partial charge in [-0.25, -0.2) is 14.4 Å². The van der Waals surface area contributed by atoms with Crippen LogP contribution in [0.25, 0.3) is 0 Å². The molecule has 0 aromatic carbocycles. The Morgan fingerprint density at radius 2 is 1.67 bits per heavy atom. The molecule has 0 aromatic rings. The minimum absolute atomic E-state index is 0.0326. The summed E-state index contributed by atoms with van der Waals surface area (Å²) in [6.07, 6.45) is 3.56. The topological polar surface area (TPSA) is 99.1 Å². The molecular formula is C20H32O7. The number of ether oxygens (including phenoxy) is 3. The predicted octanol–water partition coefficient (Wildman–Crippen LogP) is 2.88. The third kappa shape index (κ3) is 18.2. The van der Waals surface area contributed by atoms with E-state index in [2.05, 4.69) is 24.5 Å². The van der Waals surface area contributed by atoms with E-state index < -0.39 is 12.1 Å². The van der Waals surface area contributed by atoms with Gasteiger partial charge in [-0.1, -0.05) is 19.7 Å². The lowest BCUT2D eigenvalue weighted by Crippen LogP contribution is -2.13. The van der Waals surface area contributed by atoms with Crippen LogP contribution in [0, 0.1) is 0 Å². The van der Waals surface area contributed by atoms with Crippen molar-refractivity contribution >= 4 is 17.9 Å². The molecule has 0 aliphatic carbocycles. The molecule has 0 bridgehead atoms. The van der Waals surface area contributed by atoms with Gasteiger partial charge in [0, 0.05) is 17.2 Å². The molecule has 0 spiro atoms. The number of hydrogen-bond acceptors (Lipinski definition) is 7. The second-order valence-electron chi connectivity index (χ2n) is 5.73. The molecule has 0 radical (unpaired) electrons. The number of rotatable bonds is 12. The average Bonchev–Trinajstić information content (AvgIpc) is 2.62. The fourth-order valence-corrected chi connectivity index (χ4v) is 1.50. The van der Waals surface area contributed by atoms with Gasteiger partial charge in [0.2, 0.25) is 0 Å². The second kappa shape index (κ2) is 17.0. The summed E-state index contributed by atoms with van der Waals surface area (Å²) in [5.41, 5.74) is 0.904. The van der Waals surface area contributed by atoms with Crippen molar-refractivity contribution < 1.29 is 33.7 Å². The zero-order valence-electron chi connectivity index (χ0n) is 16.6. The van der Waals surface area contributed by atoms with Gasteiger partial charge in [0.05, 0.1) is 19.3 Å². The Bertz CT molecular complexity index is 506. The largest absolute Gasteiger partial charge is 0.463 e. The Morgan fingerprint density at radius 3 is 2.15 bits per heavy atom. The molecule has 0 rings (SSSR count). The molecule has 0 aliphatic rings. The quantitative estimate of drug-likeness (QED) is 0.239. The van der Waals surface area contributed by atoms with Gasteiger partial charge in [-0.05, 0) is 46.5 Å². The van der Waals surface area contributed by atoms with Gasteiger partial charge in [-0.15, -0.1) is 0 Å². The Morgan fingerprint density at radius 1 is 1.04 bits per heavy atom. The minimum Gasteiger partial charge on any atom is -0.463 e. The van der Waals surface area contributed by atoms with E-state index in [-0.39, 0.29) is 18.5 Å². The second-order valence-corrected chi connectivity index (χ2v) is 5.73. The summed E-state index contributed by atoms with van der Waals surface area (Å²) in [7, 11) is 0. The monoisotopic (exact) mass is 384 g/mol. The number of aliphatic hydroxyl groups excluding tert-OH is 1. The Labute approximate surface area is 161 Å². The van der Waals surface area contributed by atoms with Crippen molar-refractivity contribution in [3.8, 4) is 0 Å². The molecule has 1 atom stereocenters. The van der Waals surface area contributed by atoms with Gasteiger partial charge in [-0.3, -0.25) is 0 Å². The number of esters is 3. The maximum atomic E-state index is 11.2. The third-order valence-electron chi connectivity index (χ3n) is 2.90. The van der Waals surface area contributed by atoms with E-state index in [9.17, 15) is 14.4 Å². The molecule has 27 heavy (non-hydrogen) atoms. The summed E-state index contributed by atoms with van der Waals surface area (Å²) in [5.74, 6) is -1.19. The normalized spacial score (nSPS) is 10.5. The molecule has 1 unspecified atom stereocenters. The van der Waals surface area contributed by atoms with Crippen molar-refractivity contribution in [2.45, 2.75) is 52.6 Å². The Balaban J connectivity index is 0. The van der Waals surface area contributed by atoms with E-state index in [0.717, 1.165) is 25.3 Å². The first kappa shape index (κ1) is 26.8. The van der Waals surface area contributed by atoms with Crippen molar-refractivity contribution in [1.29, 1.82) is 0 Å². The summed E-state index contributed by atoms with van der Waals surface area (Å²) in [4.78, 5) is 32.5. The summed E-state index contributed by atoms with van der Waals surface area (Å²) >= 11 is 0. The van der Waals surface area contributed by atoms with Gasteiger partial charge in [0.1, 0.15) is 6.61 Å². The van der Waals surface area contributed by atoms with Crippen molar-refractivity contribution in [3.63, 3.8) is 0 Å². The van der Waals surface area contributed by atoms with E-state index in [4.69, 9.17) is 14.6 Å². The number of aliphatic hydroxyl groups is 1. The van der Waals surface area contributed by atoms with Crippen LogP contribution in [0.5, 0.6) is 0 Å². The molecule has 1 N–H and O–H groups in total. The lowest BCUT2D eigenvalue weighted by molar-refractivity contribution is -0.140. The lowest BCUT2D eigenvalue weighted by atomic mass is 10.1. The van der Waals surface area contributed by atoms with Crippen LogP contribution in [0.4, 0.5) is 0 Å². The fraction of sp³-hybridized carbons (Fsp3) is 0.550. The maximum Gasteiger partial charge on any atom is 0.333 e. The SMILES string of the molecule is C=C(C)C(=O)OCCCCCC(=C)C(=O)OCC.C=CC(=O)OCC(C)O. The van der Waals surface area contributed by atoms with Gasteiger partial charge in [0.15, 0.2) is 0 Å². The van der Waals surface area contributed by atoms with Gasteiger partial charge < -0.3 is 19.3 Å². The summed E-state index contributed by atoms with van der Waals surface area (Å²) in [5, 5.41) is 8.59. The maximum absolute atomic E-state index is 11.2. The molecule has 0 heterocycles. The van der Waals surface area contributed by atoms with Crippen LogP contribution >= 0.6 is 0 Å². The van der Waals surface area contributed by atoms with E-state index in [1.807, 2.05) is 0 Å². The average molecular weight is 384 g/mol. The molecule has 0 saturated heterocycles. The number of hydrogen-bond donors (Lipinski definition) is 1. The van der Waals surface area contributed by atoms with Crippen LogP contribution in [0.3, 0.4) is 0 Å². The van der Waals surface area contributed by atoms with Crippen molar-refractivity contribution in [2.24, 2.45) is 0 Å². The predicted molar refractivity (Wildman–Crippen MR) is 103 cm³/mol. The number of carbonyl (C=O) groups is 3. The number of carbonyl (C=O) groups excluding carboxylic acids is 3. The third-order valence-corrected chi connectivity index (χ3v) is 2.90. The van der Waals surface area contributed by atoms with Crippen molar-refractivity contribution in [3.05, 3.63) is 37.0 Å². The molecule has 0 amide bonds. The first-order valence-corrected chi connectivity index (χ1v) is 8.80. The molecule has 0 fully saturated rings. The number of unbranched alkanes of at least 4 members (excludes halogenated alkanes) is 2. The molecule has 7 nitrogen and oxygen atoms in total. The van der Waals surface area contributed by atoms with Gasteiger partial charge >= 0.3 is 17.9 Å². The highest BCUT2D eigenvalue weighted by molar-refractivity contribution is 5.87. The Hall–Kier alpha value is -2.41. The van der Waals surface area contributed by atoms with E-state index in [1.165, 1.54) is 6.92 Å². The van der Waals surface area contributed by atoms with Crippen LogP contribution in [-0.4, -0.2) is 48.9 Å². The van der Waals surface area contributed by atoms with Crippen LogP contribution < -0.4 is 0 Å². The van der Waals surface area contributed by atoms with Crippen LogP contribution in [0.2, 0.25) is 0 Å². The van der Waals surface area contributed by atoms with Crippen LogP contribution in [0.1, 0.15) is 46.5 Å². The van der Waals surface area contributed by atoms with Crippen molar-refractivity contribution in [1.82, 2.24) is 0 Å². The molecule has 154 valence electrons. The molecule has 0 aliphatic heterocycles. The smallest absolute Gasteiger partial charge is 0.333 e. The highest BCUT2D eigenvalue weighted by Gasteiger charge is 2.07. The standard InChI is InChI=1S/C14H22O4.C6H10O3/c1-5-17-14(16)12(4)9-7-6-8-10-18-13(15)11(2)3;1-3-6(8)9-4-5(2)7/h2,4-10H2,1,3H3;3,5,7H,1,4H2,2H3.